The van der Waals surface area contributed by atoms with Crippen LogP contribution in [0.25, 0.3) is 0 Å². The van der Waals surface area contributed by atoms with Crippen molar-refractivity contribution in [2.75, 3.05) is 6.54 Å². The number of hydrogen-bond donors (Lipinski definition) is 0. The topological polar surface area (TPSA) is 37.4 Å². The van der Waals surface area contributed by atoms with Crippen molar-refractivity contribution in [3.05, 3.63) is 47.7 Å². The molecule has 3 nitrogen and oxygen atoms in total. The Kier molecular flexibility index (Phi) is 4.45. The van der Waals surface area contributed by atoms with E-state index in [2.05, 4.69) is 0 Å². The van der Waals surface area contributed by atoms with Gasteiger partial charge in [-0.2, -0.15) is 0 Å². The zero-order valence-corrected chi connectivity index (χ0v) is 9.51. The summed E-state index contributed by atoms with van der Waals surface area (Å²) in [6.07, 6.45) is 2.54. The van der Waals surface area contributed by atoms with Gasteiger partial charge in [-0.15, -0.1) is 0 Å². The fourth-order valence-corrected chi connectivity index (χ4v) is 1.35. The number of allylic oxidation sites excluding steroid dienone is 2. The van der Waals surface area contributed by atoms with Crippen LogP contribution in [0.5, 0.6) is 0 Å². The highest BCUT2D eigenvalue weighted by atomic mass is 16.2. The lowest BCUT2D eigenvalue weighted by Gasteiger charge is -2.20. The molecule has 1 amide bonds. The number of nitrogens with zero attached hydrogens (tertiary/aromatic N) is 1. The molecule has 1 rings (SSSR count). The average molecular weight is 217 g/mol. The van der Waals surface area contributed by atoms with E-state index in [0.717, 1.165) is 12.0 Å². The van der Waals surface area contributed by atoms with Gasteiger partial charge in [-0.1, -0.05) is 24.3 Å². The van der Waals surface area contributed by atoms with Gasteiger partial charge >= 0.3 is 0 Å². The Bertz CT molecular complexity index is 396. The largest absolute Gasteiger partial charge is 0.306 e. The van der Waals surface area contributed by atoms with Crippen LogP contribution in [-0.2, 0) is 4.79 Å². The van der Waals surface area contributed by atoms with Crippen LogP contribution < -0.4 is 0 Å². The molecule has 0 aliphatic rings. The molecule has 0 aliphatic heterocycles. The van der Waals surface area contributed by atoms with Crippen LogP contribution >= 0.6 is 0 Å². The molecule has 0 saturated carbocycles. The maximum atomic E-state index is 12.1. The lowest BCUT2D eigenvalue weighted by Crippen LogP contribution is -2.30. The van der Waals surface area contributed by atoms with Crippen molar-refractivity contribution < 1.29 is 9.59 Å². The Balaban J connectivity index is 2.96. The predicted molar refractivity (Wildman–Crippen MR) is 63.0 cm³/mol. The van der Waals surface area contributed by atoms with Gasteiger partial charge in [0.05, 0.1) is 6.54 Å². The van der Waals surface area contributed by atoms with Gasteiger partial charge in [0, 0.05) is 11.3 Å². The van der Waals surface area contributed by atoms with Gasteiger partial charge in [0.1, 0.15) is 6.29 Å². The lowest BCUT2D eigenvalue weighted by atomic mass is 10.2. The quantitative estimate of drug-likeness (QED) is 0.725. The van der Waals surface area contributed by atoms with Crippen LogP contribution in [0.2, 0.25) is 0 Å². The fraction of sp³-hybridized carbons (Fsp3) is 0.231. The first-order chi connectivity index (χ1) is 7.70. The number of hydrogen-bond acceptors (Lipinski definition) is 2. The van der Waals surface area contributed by atoms with E-state index in [0.29, 0.717) is 5.56 Å². The Morgan fingerprint density at radius 1 is 1.31 bits per heavy atom. The first kappa shape index (κ1) is 12.2. The van der Waals surface area contributed by atoms with Gasteiger partial charge in [0.2, 0.25) is 0 Å². The first-order valence-electron chi connectivity index (χ1n) is 5.14. The van der Waals surface area contributed by atoms with E-state index in [1.54, 1.807) is 24.3 Å². The van der Waals surface area contributed by atoms with Crippen molar-refractivity contribution in [2.24, 2.45) is 0 Å². The van der Waals surface area contributed by atoms with Crippen molar-refractivity contribution in [1.29, 1.82) is 0 Å². The van der Waals surface area contributed by atoms with Gasteiger partial charge < -0.3 is 9.69 Å². The molecule has 0 atom stereocenters. The molecule has 3 heteroatoms. The highest BCUT2D eigenvalue weighted by Gasteiger charge is 2.15. The fourth-order valence-electron chi connectivity index (χ4n) is 1.35. The Labute approximate surface area is 95.4 Å². The summed E-state index contributed by atoms with van der Waals surface area (Å²) in [4.78, 5) is 24.1. The molecule has 0 radical (unpaired) electrons. The van der Waals surface area contributed by atoms with Crippen LogP contribution in [-0.4, -0.2) is 23.6 Å². The van der Waals surface area contributed by atoms with Crippen LogP contribution in [0.1, 0.15) is 24.2 Å². The normalized spacial score (nSPS) is 11.0. The van der Waals surface area contributed by atoms with E-state index in [1.165, 1.54) is 4.90 Å². The van der Waals surface area contributed by atoms with Gasteiger partial charge in [-0.25, -0.2) is 0 Å². The van der Waals surface area contributed by atoms with E-state index in [1.807, 2.05) is 26.0 Å². The van der Waals surface area contributed by atoms with Crippen LogP contribution in [0.4, 0.5) is 0 Å². The number of carbonyl (C=O) groups excluding carboxylic acids is 2. The van der Waals surface area contributed by atoms with Gasteiger partial charge in [-0.05, 0) is 26.0 Å². The molecule has 0 fully saturated rings. The van der Waals surface area contributed by atoms with Crippen molar-refractivity contribution in [3.8, 4) is 0 Å². The van der Waals surface area contributed by atoms with E-state index in [-0.39, 0.29) is 12.5 Å². The van der Waals surface area contributed by atoms with E-state index in [4.69, 9.17) is 0 Å². The summed E-state index contributed by atoms with van der Waals surface area (Å²) < 4.78 is 0. The molecule has 0 saturated heterocycles. The summed E-state index contributed by atoms with van der Waals surface area (Å²) in [7, 11) is 0. The minimum Gasteiger partial charge on any atom is -0.306 e. The van der Waals surface area contributed by atoms with E-state index >= 15 is 0 Å². The van der Waals surface area contributed by atoms with Crippen molar-refractivity contribution >= 4 is 12.2 Å². The molecule has 0 N–H and O–H groups in total. The molecule has 0 spiro atoms. The number of benzene rings is 1. The molecule has 1 aromatic rings. The summed E-state index contributed by atoms with van der Waals surface area (Å²) in [6, 6.07) is 8.93. The Morgan fingerprint density at radius 3 is 2.44 bits per heavy atom. The molecular formula is C13H15NO2. The average Bonchev–Trinajstić information content (AvgIpc) is 2.35. The third kappa shape index (κ3) is 2.79. The second-order valence-electron chi connectivity index (χ2n) is 3.38. The SMILES string of the molecule is CC=C(C)N(CC=O)C(=O)c1ccccc1. The minimum absolute atomic E-state index is 0.0872. The monoisotopic (exact) mass is 217 g/mol. The van der Waals surface area contributed by atoms with Gasteiger partial charge in [0.25, 0.3) is 5.91 Å². The highest BCUT2D eigenvalue weighted by molar-refractivity contribution is 5.96. The van der Waals surface area contributed by atoms with E-state index in [9.17, 15) is 9.59 Å². The third-order valence-electron chi connectivity index (χ3n) is 2.37. The number of aldehydes is 1. The molecule has 1 aromatic carbocycles. The summed E-state index contributed by atoms with van der Waals surface area (Å²) in [5.41, 5.74) is 1.37. The minimum atomic E-state index is -0.150. The summed E-state index contributed by atoms with van der Waals surface area (Å²) >= 11 is 0. The maximum absolute atomic E-state index is 12.1. The molecule has 0 heterocycles. The predicted octanol–water partition coefficient (Wildman–Crippen LogP) is 2.25. The second kappa shape index (κ2) is 5.85. The van der Waals surface area contributed by atoms with Gasteiger partial charge in [-0.3, -0.25) is 4.79 Å². The number of amides is 1. The molecule has 84 valence electrons. The second-order valence-corrected chi connectivity index (χ2v) is 3.38. The van der Waals surface area contributed by atoms with Crippen LogP contribution in [0.15, 0.2) is 42.1 Å². The molecular weight excluding hydrogens is 202 g/mol. The molecule has 0 bridgehead atoms. The molecule has 0 aromatic heterocycles. The zero-order chi connectivity index (χ0) is 12.0. The maximum Gasteiger partial charge on any atom is 0.258 e. The number of carbonyl (C=O) groups is 2. The van der Waals surface area contributed by atoms with E-state index < -0.39 is 0 Å². The molecule has 0 unspecified atom stereocenters. The molecule has 0 aliphatic carbocycles. The highest BCUT2D eigenvalue weighted by Crippen LogP contribution is 2.09. The first-order valence-corrected chi connectivity index (χ1v) is 5.14. The summed E-state index contributed by atoms with van der Waals surface area (Å²) in [5.74, 6) is -0.150. The standard InChI is InChI=1S/C13H15NO2/c1-3-11(2)14(9-10-15)13(16)12-7-5-4-6-8-12/h3-8,10H,9H2,1-2H3. The van der Waals surface area contributed by atoms with Crippen molar-refractivity contribution in [2.45, 2.75) is 13.8 Å². The van der Waals surface area contributed by atoms with Crippen molar-refractivity contribution in [1.82, 2.24) is 4.90 Å². The summed E-state index contributed by atoms with van der Waals surface area (Å²) in [6.45, 7) is 3.74. The van der Waals surface area contributed by atoms with Crippen molar-refractivity contribution in [3.63, 3.8) is 0 Å². The van der Waals surface area contributed by atoms with Crippen LogP contribution in [0, 0.1) is 0 Å². The summed E-state index contributed by atoms with van der Waals surface area (Å²) in [5, 5.41) is 0. The zero-order valence-electron chi connectivity index (χ0n) is 9.51. The molecule has 16 heavy (non-hydrogen) atoms. The van der Waals surface area contributed by atoms with Crippen LogP contribution in [0.3, 0.4) is 0 Å². The van der Waals surface area contributed by atoms with Gasteiger partial charge in [0.15, 0.2) is 0 Å². The smallest absolute Gasteiger partial charge is 0.258 e. The third-order valence-corrected chi connectivity index (χ3v) is 2.37. The lowest BCUT2D eigenvalue weighted by molar-refractivity contribution is -0.108. The Hall–Kier alpha value is -1.90. The Morgan fingerprint density at radius 2 is 1.94 bits per heavy atom. The number of rotatable bonds is 4.